The van der Waals surface area contributed by atoms with E-state index in [0.717, 1.165) is 5.56 Å². The monoisotopic (exact) mass is 375 g/mol. The molecule has 3 aromatic rings. The number of carbonyl (C=O) groups is 1. The number of rotatable bonds is 6. The Bertz CT molecular complexity index is 897. The molecule has 2 aromatic carbocycles. The predicted molar refractivity (Wildman–Crippen MR) is 97.6 cm³/mol. The summed E-state index contributed by atoms with van der Waals surface area (Å²) in [6, 6.07) is 13.5. The average molecular weight is 375 g/mol. The van der Waals surface area contributed by atoms with Crippen molar-refractivity contribution in [2.24, 2.45) is 0 Å². The lowest BCUT2D eigenvalue weighted by molar-refractivity contribution is -0.0498. The first kappa shape index (κ1) is 17.8. The van der Waals surface area contributed by atoms with Crippen molar-refractivity contribution in [3.8, 4) is 5.75 Å². The van der Waals surface area contributed by atoms with Crippen molar-refractivity contribution in [3.63, 3.8) is 0 Å². The Morgan fingerprint density at radius 1 is 1.15 bits per heavy atom. The minimum Gasteiger partial charge on any atom is -0.435 e. The lowest BCUT2D eigenvalue weighted by Crippen LogP contribution is -2.12. The van der Waals surface area contributed by atoms with Crippen molar-refractivity contribution in [2.75, 3.05) is 10.6 Å². The van der Waals surface area contributed by atoms with Crippen LogP contribution in [0.15, 0.2) is 53.9 Å². The first-order valence-corrected chi connectivity index (χ1v) is 8.53. The summed E-state index contributed by atoms with van der Waals surface area (Å²) in [7, 11) is 0. The molecule has 0 atom stereocenters. The number of thiazole rings is 1. The van der Waals surface area contributed by atoms with E-state index in [1.807, 2.05) is 25.1 Å². The predicted octanol–water partition coefficient (Wildman–Crippen LogP) is 5.05. The molecule has 0 unspecified atom stereocenters. The molecule has 1 heterocycles. The van der Waals surface area contributed by atoms with Crippen molar-refractivity contribution >= 4 is 33.8 Å². The van der Waals surface area contributed by atoms with Crippen LogP contribution in [-0.4, -0.2) is 17.5 Å². The zero-order chi connectivity index (χ0) is 18.5. The molecule has 3 rings (SSSR count). The van der Waals surface area contributed by atoms with Crippen LogP contribution in [0.1, 0.15) is 16.1 Å². The summed E-state index contributed by atoms with van der Waals surface area (Å²) >= 11 is 1.27. The molecule has 0 fully saturated rings. The molecule has 5 nitrogen and oxygen atoms in total. The van der Waals surface area contributed by atoms with E-state index in [-0.39, 0.29) is 17.4 Å². The number of aromatic nitrogens is 1. The SMILES string of the molecule is Cc1cccc(NC(=O)c2csc(Nc3ccc(OC(F)F)cc3)n2)c1. The smallest absolute Gasteiger partial charge is 0.387 e. The van der Waals surface area contributed by atoms with Crippen LogP contribution in [0.3, 0.4) is 0 Å². The minimum atomic E-state index is -2.86. The van der Waals surface area contributed by atoms with E-state index in [1.165, 1.54) is 23.5 Å². The highest BCUT2D eigenvalue weighted by Crippen LogP contribution is 2.24. The van der Waals surface area contributed by atoms with Crippen molar-refractivity contribution < 1.29 is 18.3 Å². The minimum absolute atomic E-state index is 0.0721. The van der Waals surface area contributed by atoms with Crippen LogP contribution in [0, 0.1) is 6.92 Å². The number of hydrogen-bond acceptors (Lipinski definition) is 5. The van der Waals surface area contributed by atoms with Gasteiger partial charge in [0.1, 0.15) is 11.4 Å². The molecule has 1 aromatic heterocycles. The Hall–Kier alpha value is -3.00. The highest BCUT2D eigenvalue weighted by molar-refractivity contribution is 7.14. The molecule has 1 amide bonds. The number of anilines is 3. The first-order chi connectivity index (χ1) is 12.5. The van der Waals surface area contributed by atoms with Gasteiger partial charge in [-0.25, -0.2) is 4.98 Å². The van der Waals surface area contributed by atoms with Gasteiger partial charge in [-0.1, -0.05) is 12.1 Å². The topological polar surface area (TPSA) is 63.2 Å². The van der Waals surface area contributed by atoms with E-state index < -0.39 is 6.61 Å². The van der Waals surface area contributed by atoms with Crippen LogP contribution in [0.5, 0.6) is 5.75 Å². The number of amides is 1. The maximum Gasteiger partial charge on any atom is 0.387 e. The van der Waals surface area contributed by atoms with Gasteiger partial charge in [0.25, 0.3) is 5.91 Å². The molecule has 134 valence electrons. The Labute approximate surface area is 152 Å². The summed E-state index contributed by atoms with van der Waals surface area (Å²) in [5, 5.41) is 7.97. The molecule has 0 bridgehead atoms. The van der Waals surface area contributed by atoms with Crippen LogP contribution < -0.4 is 15.4 Å². The second-order valence-electron chi connectivity index (χ2n) is 5.39. The number of halogens is 2. The third kappa shape index (κ3) is 4.76. The number of carbonyl (C=O) groups excluding carboxylic acids is 1. The summed E-state index contributed by atoms with van der Waals surface area (Å²) in [5.74, 6) is -0.233. The fourth-order valence-corrected chi connectivity index (χ4v) is 2.91. The third-order valence-electron chi connectivity index (χ3n) is 3.34. The van der Waals surface area contributed by atoms with Gasteiger partial charge in [-0.3, -0.25) is 4.79 Å². The van der Waals surface area contributed by atoms with Gasteiger partial charge in [0, 0.05) is 16.8 Å². The molecule has 0 saturated heterocycles. The normalized spacial score (nSPS) is 10.6. The Kier molecular flexibility index (Phi) is 5.43. The van der Waals surface area contributed by atoms with E-state index in [4.69, 9.17) is 0 Å². The summed E-state index contributed by atoms with van der Waals surface area (Å²) in [4.78, 5) is 16.5. The van der Waals surface area contributed by atoms with Crippen molar-refractivity contribution in [2.45, 2.75) is 13.5 Å². The zero-order valence-electron chi connectivity index (χ0n) is 13.7. The molecule has 0 spiro atoms. The van der Waals surface area contributed by atoms with Gasteiger partial charge >= 0.3 is 6.61 Å². The molecule has 0 radical (unpaired) electrons. The van der Waals surface area contributed by atoms with Crippen molar-refractivity contribution in [1.82, 2.24) is 4.98 Å². The number of ether oxygens (including phenoxy) is 1. The zero-order valence-corrected chi connectivity index (χ0v) is 14.5. The van der Waals surface area contributed by atoms with Crippen LogP contribution >= 0.6 is 11.3 Å². The summed E-state index contributed by atoms with van der Waals surface area (Å²) in [6.07, 6.45) is 0. The van der Waals surface area contributed by atoms with E-state index in [1.54, 1.807) is 23.6 Å². The number of benzene rings is 2. The molecule has 0 aliphatic rings. The molecule has 2 N–H and O–H groups in total. The van der Waals surface area contributed by atoms with Crippen LogP contribution in [0.25, 0.3) is 0 Å². The Morgan fingerprint density at radius 3 is 2.62 bits per heavy atom. The highest BCUT2D eigenvalue weighted by Gasteiger charge is 2.11. The van der Waals surface area contributed by atoms with Gasteiger partial charge in [0.05, 0.1) is 0 Å². The van der Waals surface area contributed by atoms with Gasteiger partial charge in [0.2, 0.25) is 0 Å². The van der Waals surface area contributed by atoms with Gasteiger partial charge in [-0.15, -0.1) is 11.3 Å². The van der Waals surface area contributed by atoms with Gasteiger partial charge in [-0.2, -0.15) is 8.78 Å². The largest absolute Gasteiger partial charge is 0.435 e. The van der Waals surface area contributed by atoms with Gasteiger partial charge in [0.15, 0.2) is 5.13 Å². The van der Waals surface area contributed by atoms with Crippen molar-refractivity contribution in [3.05, 3.63) is 65.2 Å². The lowest BCUT2D eigenvalue weighted by Gasteiger charge is -2.06. The molecule has 8 heteroatoms. The van der Waals surface area contributed by atoms with Crippen LogP contribution in [0.4, 0.5) is 25.3 Å². The molecule has 0 aliphatic carbocycles. The second-order valence-corrected chi connectivity index (χ2v) is 6.25. The summed E-state index contributed by atoms with van der Waals surface area (Å²) < 4.78 is 28.6. The first-order valence-electron chi connectivity index (χ1n) is 7.65. The van der Waals surface area contributed by atoms with Gasteiger partial charge < -0.3 is 15.4 Å². The highest BCUT2D eigenvalue weighted by atomic mass is 32.1. The van der Waals surface area contributed by atoms with Crippen LogP contribution in [0.2, 0.25) is 0 Å². The van der Waals surface area contributed by atoms with E-state index in [9.17, 15) is 13.6 Å². The fraction of sp³-hybridized carbons (Fsp3) is 0.111. The molecule has 26 heavy (non-hydrogen) atoms. The number of alkyl halides is 2. The maximum atomic E-state index is 12.3. The number of aryl methyl sites for hydroxylation is 1. The fourth-order valence-electron chi connectivity index (χ4n) is 2.20. The number of hydrogen-bond donors (Lipinski definition) is 2. The van der Waals surface area contributed by atoms with E-state index in [0.29, 0.717) is 16.5 Å². The Balaban J connectivity index is 1.63. The number of nitrogens with one attached hydrogen (secondary N) is 2. The standard InChI is InChI=1S/C18H15F2N3O2S/c1-11-3-2-4-13(9-11)21-16(24)15-10-26-18(23-15)22-12-5-7-14(8-6-12)25-17(19)20/h2-10,17H,1H3,(H,21,24)(H,22,23). The summed E-state index contributed by atoms with van der Waals surface area (Å²) in [5.41, 5.74) is 2.68. The Morgan fingerprint density at radius 2 is 1.92 bits per heavy atom. The third-order valence-corrected chi connectivity index (χ3v) is 4.10. The van der Waals surface area contributed by atoms with Gasteiger partial charge in [-0.05, 0) is 48.9 Å². The maximum absolute atomic E-state index is 12.3. The molecule has 0 saturated carbocycles. The van der Waals surface area contributed by atoms with E-state index >= 15 is 0 Å². The molecular weight excluding hydrogens is 360 g/mol. The molecule has 0 aliphatic heterocycles. The van der Waals surface area contributed by atoms with E-state index in [2.05, 4.69) is 20.4 Å². The number of nitrogens with zero attached hydrogens (tertiary/aromatic N) is 1. The average Bonchev–Trinajstić information content (AvgIpc) is 3.05. The second kappa shape index (κ2) is 7.92. The summed E-state index contributed by atoms with van der Waals surface area (Å²) in [6.45, 7) is -0.916. The quantitative estimate of drug-likeness (QED) is 0.633. The molecular formula is C18H15F2N3O2S. The van der Waals surface area contributed by atoms with Crippen LogP contribution in [-0.2, 0) is 0 Å². The van der Waals surface area contributed by atoms with Crippen molar-refractivity contribution in [1.29, 1.82) is 0 Å². The lowest BCUT2D eigenvalue weighted by atomic mass is 10.2.